The molecule has 0 spiro atoms. The number of H-pyrrole nitrogens is 1. The third kappa shape index (κ3) is 4.76. The largest absolute Gasteiger partial charge is 0.343 e. The van der Waals surface area contributed by atoms with Crippen LogP contribution < -0.4 is 5.69 Å². The smallest absolute Gasteiger partial charge is 0.339 e. The van der Waals surface area contributed by atoms with Crippen molar-refractivity contribution in [2.45, 2.75) is 31.6 Å². The van der Waals surface area contributed by atoms with Gasteiger partial charge in [0.2, 0.25) is 5.91 Å². The SMILES string of the molecule is CCCn1c(SCC(=O)N2CCN(Cc3ccccc3)CC2)n[nH]c1=O. The van der Waals surface area contributed by atoms with Crippen LogP contribution in [-0.2, 0) is 17.9 Å². The van der Waals surface area contributed by atoms with Crippen molar-refractivity contribution in [3.8, 4) is 0 Å². The van der Waals surface area contributed by atoms with Crippen LogP contribution in [0.4, 0.5) is 0 Å². The molecule has 0 aliphatic carbocycles. The number of aromatic nitrogens is 3. The van der Waals surface area contributed by atoms with Crippen LogP contribution >= 0.6 is 11.8 Å². The first-order valence-corrected chi connectivity index (χ1v) is 9.98. The van der Waals surface area contributed by atoms with Crippen LogP contribution in [0.3, 0.4) is 0 Å². The van der Waals surface area contributed by atoms with Gasteiger partial charge in [-0.1, -0.05) is 49.0 Å². The summed E-state index contributed by atoms with van der Waals surface area (Å²) in [6.45, 7) is 6.80. The van der Waals surface area contributed by atoms with E-state index in [2.05, 4.69) is 39.4 Å². The average Bonchev–Trinajstić information content (AvgIpc) is 3.01. The Morgan fingerprint density at radius 2 is 1.92 bits per heavy atom. The molecule has 1 aliphatic rings. The molecule has 1 amide bonds. The van der Waals surface area contributed by atoms with E-state index in [-0.39, 0.29) is 11.6 Å². The number of aromatic amines is 1. The van der Waals surface area contributed by atoms with Gasteiger partial charge < -0.3 is 4.90 Å². The molecule has 1 N–H and O–H groups in total. The second kappa shape index (κ2) is 9.05. The van der Waals surface area contributed by atoms with Gasteiger partial charge in [0, 0.05) is 39.3 Å². The van der Waals surface area contributed by atoms with Gasteiger partial charge in [0.05, 0.1) is 5.75 Å². The zero-order valence-corrected chi connectivity index (χ0v) is 15.9. The first kappa shape index (κ1) is 18.7. The van der Waals surface area contributed by atoms with Crippen LogP contribution in [-0.4, -0.2) is 62.4 Å². The van der Waals surface area contributed by atoms with Crippen LogP contribution in [0.25, 0.3) is 0 Å². The number of benzene rings is 1. The molecule has 2 heterocycles. The Morgan fingerprint density at radius 3 is 2.62 bits per heavy atom. The van der Waals surface area contributed by atoms with Gasteiger partial charge in [-0.15, -0.1) is 5.10 Å². The van der Waals surface area contributed by atoms with Crippen LogP contribution in [0.15, 0.2) is 40.3 Å². The number of thioether (sulfide) groups is 1. The molecular weight excluding hydrogens is 350 g/mol. The van der Waals surface area contributed by atoms with Gasteiger partial charge in [-0.3, -0.25) is 14.3 Å². The molecule has 26 heavy (non-hydrogen) atoms. The van der Waals surface area contributed by atoms with Gasteiger partial charge in [0.15, 0.2) is 5.16 Å². The predicted octanol–water partition coefficient (Wildman–Crippen LogP) is 1.42. The van der Waals surface area contributed by atoms with Crippen molar-refractivity contribution >= 4 is 17.7 Å². The number of nitrogens with one attached hydrogen (secondary N) is 1. The molecule has 3 rings (SSSR count). The molecule has 1 saturated heterocycles. The van der Waals surface area contributed by atoms with Crippen LogP contribution in [0.2, 0.25) is 0 Å². The Labute approximate surface area is 157 Å². The second-order valence-corrected chi connectivity index (χ2v) is 7.34. The third-order valence-electron chi connectivity index (χ3n) is 4.47. The van der Waals surface area contributed by atoms with E-state index >= 15 is 0 Å². The molecule has 1 fully saturated rings. The quantitative estimate of drug-likeness (QED) is 0.741. The van der Waals surface area contributed by atoms with Gasteiger partial charge >= 0.3 is 5.69 Å². The minimum Gasteiger partial charge on any atom is -0.339 e. The summed E-state index contributed by atoms with van der Waals surface area (Å²) in [5, 5.41) is 7.07. The summed E-state index contributed by atoms with van der Waals surface area (Å²) >= 11 is 1.33. The second-order valence-electron chi connectivity index (χ2n) is 6.39. The van der Waals surface area contributed by atoms with Crippen LogP contribution in [0.1, 0.15) is 18.9 Å². The number of nitrogens with zero attached hydrogens (tertiary/aromatic N) is 4. The van der Waals surface area contributed by atoms with Gasteiger partial charge in [-0.25, -0.2) is 9.89 Å². The molecule has 7 nitrogen and oxygen atoms in total. The fourth-order valence-corrected chi connectivity index (χ4v) is 3.92. The maximum Gasteiger partial charge on any atom is 0.343 e. The molecule has 0 atom stereocenters. The van der Waals surface area contributed by atoms with Gasteiger partial charge in [-0.2, -0.15) is 0 Å². The first-order valence-electron chi connectivity index (χ1n) is 8.99. The van der Waals surface area contributed by atoms with Gasteiger partial charge in [-0.05, 0) is 12.0 Å². The molecule has 0 saturated carbocycles. The maximum absolute atomic E-state index is 12.5. The summed E-state index contributed by atoms with van der Waals surface area (Å²) in [5.41, 5.74) is 1.09. The Balaban J connectivity index is 1.46. The molecule has 140 valence electrons. The molecule has 1 aromatic carbocycles. The number of rotatable bonds is 7. The molecule has 0 radical (unpaired) electrons. The molecular formula is C18H25N5O2S. The minimum absolute atomic E-state index is 0.104. The van der Waals surface area contributed by atoms with Crippen molar-refractivity contribution in [3.05, 3.63) is 46.4 Å². The highest BCUT2D eigenvalue weighted by Crippen LogP contribution is 2.15. The zero-order valence-electron chi connectivity index (χ0n) is 15.1. The van der Waals surface area contributed by atoms with Gasteiger partial charge in [0.25, 0.3) is 0 Å². The Kier molecular flexibility index (Phi) is 6.51. The van der Waals surface area contributed by atoms with E-state index in [1.165, 1.54) is 17.3 Å². The minimum atomic E-state index is -0.212. The fourth-order valence-electron chi connectivity index (χ4n) is 3.05. The topological polar surface area (TPSA) is 74.2 Å². The first-order chi connectivity index (χ1) is 12.7. The lowest BCUT2D eigenvalue weighted by Crippen LogP contribution is -2.48. The number of carbonyl (C=O) groups is 1. The monoisotopic (exact) mass is 375 g/mol. The maximum atomic E-state index is 12.5. The van der Waals surface area contributed by atoms with Crippen LogP contribution in [0, 0.1) is 0 Å². The highest BCUT2D eigenvalue weighted by atomic mass is 32.2. The van der Waals surface area contributed by atoms with E-state index in [0.717, 1.165) is 39.1 Å². The highest BCUT2D eigenvalue weighted by molar-refractivity contribution is 7.99. The van der Waals surface area contributed by atoms with Crippen molar-refractivity contribution in [2.24, 2.45) is 0 Å². The molecule has 8 heteroatoms. The predicted molar refractivity (Wildman–Crippen MR) is 102 cm³/mol. The number of piperazine rings is 1. The number of hydrogen-bond donors (Lipinski definition) is 1. The van der Waals surface area contributed by atoms with Crippen LogP contribution in [0.5, 0.6) is 0 Å². The zero-order chi connectivity index (χ0) is 18.4. The summed E-state index contributed by atoms with van der Waals surface area (Å²) < 4.78 is 1.59. The molecule has 1 aromatic heterocycles. The van der Waals surface area contributed by atoms with Gasteiger partial charge in [0.1, 0.15) is 0 Å². The lowest BCUT2D eigenvalue weighted by Gasteiger charge is -2.34. The molecule has 0 unspecified atom stereocenters. The standard InChI is InChI=1S/C18H25N5O2S/c1-2-8-23-17(25)19-20-18(23)26-14-16(24)22-11-9-21(10-12-22)13-15-6-4-3-5-7-15/h3-7H,2,8-14H2,1H3,(H,19,25). The lowest BCUT2D eigenvalue weighted by atomic mass is 10.2. The lowest BCUT2D eigenvalue weighted by molar-refractivity contribution is -0.130. The average molecular weight is 375 g/mol. The van der Waals surface area contributed by atoms with E-state index in [1.807, 2.05) is 17.9 Å². The Bertz CT molecular complexity index is 765. The highest BCUT2D eigenvalue weighted by Gasteiger charge is 2.22. The number of hydrogen-bond acceptors (Lipinski definition) is 5. The van der Waals surface area contributed by atoms with Crippen molar-refractivity contribution in [1.29, 1.82) is 0 Å². The molecule has 0 bridgehead atoms. The van der Waals surface area contributed by atoms with E-state index in [9.17, 15) is 9.59 Å². The normalized spacial score (nSPS) is 15.3. The van der Waals surface area contributed by atoms with Crippen molar-refractivity contribution in [1.82, 2.24) is 24.6 Å². The molecule has 1 aliphatic heterocycles. The van der Waals surface area contributed by atoms with E-state index in [1.54, 1.807) is 4.57 Å². The summed E-state index contributed by atoms with van der Waals surface area (Å²) in [6, 6.07) is 10.4. The number of carbonyl (C=O) groups excluding carboxylic acids is 1. The fraction of sp³-hybridized carbons (Fsp3) is 0.500. The Hall–Kier alpha value is -2.06. The summed E-state index contributed by atoms with van der Waals surface area (Å²) in [6.07, 6.45) is 0.852. The third-order valence-corrected chi connectivity index (χ3v) is 5.43. The van der Waals surface area contributed by atoms with Crippen molar-refractivity contribution in [2.75, 3.05) is 31.9 Å². The van der Waals surface area contributed by atoms with E-state index in [4.69, 9.17) is 0 Å². The number of amides is 1. The molecule has 2 aromatic rings. The van der Waals surface area contributed by atoms with E-state index in [0.29, 0.717) is 17.5 Å². The summed E-state index contributed by atoms with van der Waals surface area (Å²) in [5.74, 6) is 0.417. The summed E-state index contributed by atoms with van der Waals surface area (Å²) in [4.78, 5) is 28.4. The Morgan fingerprint density at radius 1 is 1.19 bits per heavy atom. The summed E-state index contributed by atoms with van der Waals surface area (Å²) in [7, 11) is 0. The van der Waals surface area contributed by atoms with E-state index < -0.39 is 0 Å². The van der Waals surface area contributed by atoms with Crippen molar-refractivity contribution < 1.29 is 4.79 Å². The van der Waals surface area contributed by atoms with Crippen molar-refractivity contribution in [3.63, 3.8) is 0 Å².